The molecule has 4 rings (SSSR count). The van der Waals surface area contributed by atoms with Gasteiger partial charge in [-0.3, -0.25) is 24.1 Å². The average Bonchev–Trinajstić information content (AvgIpc) is 2.75. The Morgan fingerprint density at radius 3 is 2.31 bits per heavy atom. The van der Waals surface area contributed by atoms with E-state index in [0.717, 1.165) is 0 Å². The van der Waals surface area contributed by atoms with Crippen LogP contribution in [0.2, 0.25) is 0 Å². The van der Waals surface area contributed by atoms with E-state index in [-0.39, 0.29) is 29.5 Å². The number of amides is 1. The van der Waals surface area contributed by atoms with Gasteiger partial charge < -0.3 is 31.1 Å². The number of anilines is 1. The number of phenolic OH excluding ortho intramolecular Hbond substituents is 1. The van der Waals surface area contributed by atoms with Crippen molar-refractivity contribution in [1.29, 1.82) is 0 Å². The van der Waals surface area contributed by atoms with Crippen molar-refractivity contribution in [2.24, 2.45) is 17.6 Å². The first-order valence-electron chi connectivity index (χ1n) is 10.9. The van der Waals surface area contributed by atoms with Crippen molar-refractivity contribution in [3.63, 3.8) is 0 Å². The van der Waals surface area contributed by atoms with Crippen LogP contribution in [-0.4, -0.2) is 88.9 Å². The number of allylic oxidation sites excluding steroid dienone is 1. The minimum absolute atomic E-state index is 0.00513. The molecule has 0 fully saturated rings. The van der Waals surface area contributed by atoms with Crippen LogP contribution in [0.5, 0.6) is 5.75 Å². The first-order valence-corrected chi connectivity index (χ1v) is 10.9. The van der Waals surface area contributed by atoms with Gasteiger partial charge in [0.25, 0.3) is 5.91 Å². The fraction of sp³-hybridized carbons (Fsp3) is 0.417. The normalized spacial score (nSPS) is 28.0. The maximum atomic E-state index is 13.6. The molecule has 0 heterocycles. The third-order valence-electron chi connectivity index (χ3n) is 7.34. The highest BCUT2D eigenvalue weighted by atomic mass is 16.3. The number of likely N-dealkylation sites (N-methyl/N-ethyl adjacent to an activating group) is 1. The zero-order chi connectivity index (χ0) is 26.1. The third-order valence-corrected chi connectivity index (χ3v) is 7.34. The summed E-state index contributed by atoms with van der Waals surface area (Å²) in [7, 11) is 6.56. The van der Waals surface area contributed by atoms with Crippen LogP contribution in [0.4, 0.5) is 5.69 Å². The van der Waals surface area contributed by atoms with Crippen LogP contribution in [0.25, 0.3) is 0 Å². The lowest BCUT2D eigenvalue weighted by molar-refractivity contribution is -0.148. The smallest absolute Gasteiger partial charge is 0.255 e. The monoisotopic (exact) mass is 485 g/mol. The number of fused-ring (bicyclic) bond motifs is 3. The number of hydrogen-bond donors (Lipinski definition) is 5. The lowest BCUT2D eigenvalue weighted by atomic mass is 9.58. The predicted molar refractivity (Wildman–Crippen MR) is 123 cm³/mol. The maximum absolute atomic E-state index is 13.6. The molecule has 1 aromatic carbocycles. The van der Waals surface area contributed by atoms with Gasteiger partial charge in [0.05, 0.1) is 17.2 Å². The van der Waals surface area contributed by atoms with Crippen LogP contribution in [0.3, 0.4) is 0 Å². The Hall–Kier alpha value is -3.70. The number of nitrogens with two attached hydrogens (primary N) is 1. The zero-order valence-corrected chi connectivity index (χ0v) is 19.7. The highest BCUT2D eigenvalue weighted by Gasteiger charge is 2.63. The van der Waals surface area contributed by atoms with Crippen LogP contribution < -0.4 is 10.6 Å². The van der Waals surface area contributed by atoms with E-state index in [0.29, 0.717) is 17.5 Å². The van der Waals surface area contributed by atoms with E-state index < -0.39 is 63.8 Å². The number of aliphatic hydroxyl groups is 3. The molecular weight excluding hydrogens is 458 g/mol. The Balaban J connectivity index is 2.01. The molecule has 186 valence electrons. The van der Waals surface area contributed by atoms with Gasteiger partial charge in [0.2, 0.25) is 5.78 Å². The lowest BCUT2D eigenvalue weighted by Gasteiger charge is -2.50. The number of Topliss-reactive ketones (excluding diaryl/α,β-unsaturated/α-hetero) is 2. The van der Waals surface area contributed by atoms with E-state index in [4.69, 9.17) is 5.73 Å². The van der Waals surface area contributed by atoms with E-state index in [2.05, 4.69) is 0 Å². The second kappa shape index (κ2) is 7.92. The Labute approximate surface area is 200 Å². The molecule has 1 aromatic rings. The summed E-state index contributed by atoms with van der Waals surface area (Å²) in [5, 5.41) is 44.3. The summed E-state index contributed by atoms with van der Waals surface area (Å²) < 4.78 is 0. The van der Waals surface area contributed by atoms with Crippen molar-refractivity contribution >= 4 is 29.4 Å². The molecule has 0 saturated heterocycles. The second-order valence-electron chi connectivity index (χ2n) is 9.66. The van der Waals surface area contributed by atoms with Gasteiger partial charge >= 0.3 is 0 Å². The minimum atomic E-state index is -2.70. The zero-order valence-electron chi connectivity index (χ0n) is 19.7. The number of carbonyl (C=O) groups excluding carboxylic acids is 4. The molecule has 1 amide bonds. The number of hydrogen-bond acceptors (Lipinski definition) is 10. The number of nitrogens with zero attached hydrogens (tertiary/aromatic N) is 2. The van der Waals surface area contributed by atoms with Gasteiger partial charge in [-0.05, 0) is 44.5 Å². The number of phenols is 1. The van der Waals surface area contributed by atoms with Gasteiger partial charge in [-0.15, -0.1) is 0 Å². The van der Waals surface area contributed by atoms with Gasteiger partial charge in [-0.25, -0.2) is 0 Å². The van der Waals surface area contributed by atoms with Crippen LogP contribution in [0.1, 0.15) is 32.7 Å². The number of benzene rings is 1. The largest absolute Gasteiger partial charge is 0.510 e. The summed E-state index contributed by atoms with van der Waals surface area (Å²) in [6, 6.07) is 0.405. The Morgan fingerprint density at radius 1 is 1.17 bits per heavy atom. The van der Waals surface area contributed by atoms with Gasteiger partial charge in [0.15, 0.2) is 17.7 Å². The quantitative estimate of drug-likeness (QED) is 0.287. The Kier molecular flexibility index (Phi) is 5.53. The molecule has 0 radical (unpaired) electrons. The first kappa shape index (κ1) is 24.4. The summed E-state index contributed by atoms with van der Waals surface area (Å²) in [6.45, 7) is 0. The molecule has 0 aromatic heterocycles. The van der Waals surface area contributed by atoms with Crippen molar-refractivity contribution in [3.8, 4) is 5.75 Å². The SMILES string of the molecule is CN(C)c1cc(C=O)c(O)c2c1CC1CC3[C@H](N(C)C)C(O)=C(C(N)=O)C(=O)[C@@]3(O)C(O)=C1C2=O. The molecule has 11 nitrogen and oxygen atoms in total. The number of aliphatic hydroxyl groups excluding tert-OH is 2. The summed E-state index contributed by atoms with van der Waals surface area (Å²) >= 11 is 0. The number of rotatable bonds is 4. The van der Waals surface area contributed by atoms with Crippen molar-refractivity contribution in [3.05, 3.63) is 45.4 Å². The molecule has 0 bridgehead atoms. The molecule has 4 atom stereocenters. The van der Waals surface area contributed by atoms with E-state index >= 15 is 0 Å². The standard InChI is InChI=1S/C24H27N3O8/c1-26(2)13-7-10(8-28)18(29)15-11(13)5-9-6-12-17(27(3)4)20(31)16(23(25)34)22(33)24(12,35)21(32)14(9)19(15)30/h7-9,12,17,29,31-32,35H,5-6H2,1-4H3,(H2,25,34)/t9?,12?,17-,24-/m0/s1. The molecule has 0 saturated carbocycles. The van der Waals surface area contributed by atoms with Crippen LogP contribution in [0, 0.1) is 11.8 Å². The predicted octanol–water partition coefficient (Wildman–Crippen LogP) is -0.000900. The van der Waals surface area contributed by atoms with E-state index in [1.54, 1.807) is 33.1 Å². The molecule has 0 aliphatic heterocycles. The van der Waals surface area contributed by atoms with Crippen LogP contribution in [-0.2, 0) is 16.0 Å². The van der Waals surface area contributed by atoms with Crippen LogP contribution in [0.15, 0.2) is 28.7 Å². The summed E-state index contributed by atoms with van der Waals surface area (Å²) in [4.78, 5) is 53.6. The highest BCUT2D eigenvalue weighted by molar-refractivity contribution is 6.25. The molecule has 35 heavy (non-hydrogen) atoms. The van der Waals surface area contributed by atoms with Gasteiger partial charge in [0.1, 0.15) is 22.8 Å². The molecule has 0 spiro atoms. The van der Waals surface area contributed by atoms with Crippen LogP contribution >= 0.6 is 0 Å². The first-order chi connectivity index (χ1) is 16.3. The molecule has 3 aliphatic rings. The molecule has 2 unspecified atom stereocenters. The summed E-state index contributed by atoms with van der Waals surface area (Å²) in [5.41, 5.74) is 2.14. The number of primary amides is 1. The molecular formula is C24H27N3O8. The lowest BCUT2D eigenvalue weighted by Crippen LogP contribution is -2.63. The molecule has 6 N–H and O–H groups in total. The number of aldehydes is 1. The Bertz CT molecular complexity index is 1260. The Morgan fingerprint density at radius 2 is 1.80 bits per heavy atom. The number of ketones is 2. The number of aromatic hydroxyl groups is 1. The second-order valence-corrected chi connectivity index (χ2v) is 9.66. The van der Waals surface area contributed by atoms with Crippen molar-refractivity contribution in [1.82, 2.24) is 4.90 Å². The number of carbonyl (C=O) groups is 4. The van der Waals surface area contributed by atoms with Crippen molar-refractivity contribution in [2.45, 2.75) is 24.5 Å². The van der Waals surface area contributed by atoms with Gasteiger partial charge in [-0.2, -0.15) is 0 Å². The topological polar surface area (TPSA) is 182 Å². The van der Waals surface area contributed by atoms with Gasteiger partial charge in [0, 0.05) is 31.3 Å². The van der Waals surface area contributed by atoms with Gasteiger partial charge in [-0.1, -0.05) is 0 Å². The highest BCUT2D eigenvalue weighted by Crippen LogP contribution is 2.53. The van der Waals surface area contributed by atoms with Crippen molar-refractivity contribution < 1.29 is 39.6 Å². The fourth-order valence-electron chi connectivity index (χ4n) is 5.81. The van der Waals surface area contributed by atoms with E-state index in [9.17, 15) is 39.6 Å². The fourth-order valence-corrected chi connectivity index (χ4v) is 5.81. The maximum Gasteiger partial charge on any atom is 0.255 e. The third kappa shape index (κ3) is 3.11. The minimum Gasteiger partial charge on any atom is -0.510 e. The van der Waals surface area contributed by atoms with Crippen molar-refractivity contribution in [2.75, 3.05) is 33.1 Å². The summed E-state index contributed by atoms with van der Waals surface area (Å²) in [5.74, 6) is -7.32. The summed E-state index contributed by atoms with van der Waals surface area (Å²) in [6.07, 6.45) is 0.545. The molecule has 11 heteroatoms. The van der Waals surface area contributed by atoms with E-state index in [1.165, 1.54) is 11.0 Å². The molecule has 3 aliphatic carbocycles. The average molecular weight is 485 g/mol. The van der Waals surface area contributed by atoms with E-state index in [1.807, 2.05) is 0 Å².